The number of nitrogens with zero attached hydrogens (tertiary/aromatic N) is 1. The molecule has 0 spiro atoms. The highest BCUT2D eigenvalue weighted by molar-refractivity contribution is 9.10. The lowest BCUT2D eigenvalue weighted by Gasteiger charge is -2.06. The second kappa shape index (κ2) is 3.75. The predicted molar refractivity (Wildman–Crippen MR) is 54.3 cm³/mol. The number of aromatic nitrogens is 1. The van der Waals surface area contributed by atoms with Gasteiger partial charge in [-0.25, -0.2) is 13.4 Å². The van der Waals surface area contributed by atoms with Gasteiger partial charge in [0.2, 0.25) is 0 Å². The molecule has 13 heavy (non-hydrogen) atoms. The topological polar surface area (TPSA) is 47.0 Å². The molecular formula is C8H10BrNO2S. The summed E-state index contributed by atoms with van der Waals surface area (Å²) in [5.74, 6) is 0. The van der Waals surface area contributed by atoms with E-state index in [9.17, 15) is 8.42 Å². The first-order chi connectivity index (χ1) is 5.94. The van der Waals surface area contributed by atoms with Crippen LogP contribution >= 0.6 is 15.9 Å². The number of sulfone groups is 1. The Morgan fingerprint density at radius 2 is 2.08 bits per heavy atom. The Bertz CT molecular complexity index is 400. The number of pyridine rings is 1. The molecule has 0 aliphatic carbocycles. The Morgan fingerprint density at radius 3 is 2.54 bits per heavy atom. The predicted octanol–water partition coefficient (Wildman–Crippen LogP) is 2.03. The van der Waals surface area contributed by atoms with E-state index in [0.717, 1.165) is 0 Å². The van der Waals surface area contributed by atoms with Crippen LogP contribution in [0.15, 0.2) is 27.8 Å². The lowest BCUT2D eigenvalue weighted by molar-refractivity contribution is 0.587. The summed E-state index contributed by atoms with van der Waals surface area (Å²) >= 11 is 3.13. The Labute approximate surface area is 86.2 Å². The molecule has 0 saturated heterocycles. The van der Waals surface area contributed by atoms with Gasteiger partial charge < -0.3 is 0 Å². The minimum absolute atomic E-state index is 0.310. The van der Waals surface area contributed by atoms with Crippen LogP contribution in [0.4, 0.5) is 0 Å². The third-order valence-electron chi connectivity index (χ3n) is 1.65. The van der Waals surface area contributed by atoms with Gasteiger partial charge >= 0.3 is 0 Å². The molecule has 0 aliphatic heterocycles. The summed E-state index contributed by atoms with van der Waals surface area (Å²) in [6.45, 7) is 3.31. The molecule has 72 valence electrons. The molecule has 0 aromatic carbocycles. The van der Waals surface area contributed by atoms with Gasteiger partial charge in [-0.15, -0.1) is 0 Å². The van der Waals surface area contributed by atoms with Gasteiger partial charge in [0.25, 0.3) is 0 Å². The van der Waals surface area contributed by atoms with Crippen molar-refractivity contribution in [3.05, 3.63) is 22.9 Å². The molecule has 1 heterocycles. The Morgan fingerprint density at radius 1 is 1.46 bits per heavy atom. The van der Waals surface area contributed by atoms with Crippen LogP contribution in [-0.4, -0.2) is 18.7 Å². The summed E-state index contributed by atoms with van der Waals surface area (Å²) in [5.41, 5.74) is 0. The van der Waals surface area contributed by atoms with Gasteiger partial charge in [0.1, 0.15) is 4.60 Å². The first kappa shape index (κ1) is 10.7. The average molecular weight is 264 g/mol. The molecule has 3 nitrogen and oxygen atoms in total. The van der Waals surface area contributed by atoms with E-state index in [1.54, 1.807) is 13.8 Å². The smallest absolute Gasteiger partial charge is 0.180 e. The number of rotatable bonds is 2. The molecule has 0 radical (unpaired) electrons. The van der Waals surface area contributed by atoms with E-state index in [4.69, 9.17) is 0 Å². The minimum atomic E-state index is -3.17. The zero-order valence-corrected chi connectivity index (χ0v) is 9.76. The van der Waals surface area contributed by atoms with Crippen LogP contribution in [0.25, 0.3) is 0 Å². The van der Waals surface area contributed by atoms with Gasteiger partial charge in [0.15, 0.2) is 9.84 Å². The normalized spacial score (nSPS) is 12.0. The summed E-state index contributed by atoms with van der Waals surface area (Å²) in [7, 11) is -3.17. The van der Waals surface area contributed by atoms with Crippen LogP contribution in [-0.2, 0) is 9.84 Å². The molecule has 1 aromatic rings. The van der Waals surface area contributed by atoms with Crippen molar-refractivity contribution in [3.8, 4) is 0 Å². The van der Waals surface area contributed by atoms with E-state index in [1.807, 2.05) is 0 Å². The Kier molecular flexibility index (Phi) is 3.08. The maximum absolute atomic E-state index is 11.6. The van der Waals surface area contributed by atoms with Crippen LogP contribution in [0.2, 0.25) is 0 Å². The number of hydrogen-bond donors (Lipinski definition) is 0. The van der Waals surface area contributed by atoms with Crippen molar-refractivity contribution < 1.29 is 8.42 Å². The highest BCUT2D eigenvalue weighted by Crippen LogP contribution is 2.17. The summed E-state index contributed by atoms with van der Waals surface area (Å²) in [6.07, 6.45) is 1.47. The van der Waals surface area contributed by atoms with E-state index in [1.165, 1.54) is 18.3 Å². The quantitative estimate of drug-likeness (QED) is 0.768. The van der Waals surface area contributed by atoms with Gasteiger partial charge in [-0.05, 0) is 41.9 Å². The van der Waals surface area contributed by atoms with Crippen molar-refractivity contribution in [1.82, 2.24) is 4.98 Å². The average Bonchev–Trinajstić information content (AvgIpc) is 2.04. The zero-order valence-electron chi connectivity index (χ0n) is 7.36. The van der Waals surface area contributed by atoms with Crippen LogP contribution < -0.4 is 0 Å². The fraction of sp³-hybridized carbons (Fsp3) is 0.375. The molecule has 0 N–H and O–H groups in total. The van der Waals surface area contributed by atoms with Crippen LogP contribution in [0.1, 0.15) is 13.8 Å². The largest absolute Gasteiger partial charge is 0.249 e. The maximum atomic E-state index is 11.6. The zero-order chi connectivity index (χ0) is 10.1. The van der Waals surface area contributed by atoms with Crippen molar-refractivity contribution in [2.75, 3.05) is 0 Å². The molecule has 0 unspecified atom stereocenters. The molecule has 0 amide bonds. The lowest BCUT2D eigenvalue weighted by atomic mass is 10.5. The molecule has 0 saturated carbocycles. The first-order valence-corrected chi connectivity index (χ1v) is 6.14. The molecule has 0 atom stereocenters. The molecule has 5 heteroatoms. The number of halogens is 1. The Hall–Kier alpha value is -0.420. The van der Waals surface area contributed by atoms with Gasteiger partial charge in [-0.3, -0.25) is 0 Å². The fourth-order valence-corrected chi connectivity index (χ4v) is 2.42. The fourth-order valence-electron chi connectivity index (χ4n) is 0.834. The monoisotopic (exact) mass is 263 g/mol. The van der Waals surface area contributed by atoms with Gasteiger partial charge in [-0.1, -0.05) is 0 Å². The summed E-state index contributed by atoms with van der Waals surface area (Å²) in [6, 6.07) is 3.01. The van der Waals surface area contributed by atoms with Crippen molar-refractivity contribution in [3.63, 3.8) is 0 Å². The van der Waals surface area contributed by atoms with E-state index in [-0.39, 0.29) is 0 Å². The highest BCUT2D eigenvalue weighted by Gasteiger charge is 2.18. The minimum Gasteiger partial charge on any atom is -0.249 e. The molecule has 0 fully saturated rings. The van der Waals surface area contributed by atoms with E-state index in [0.29, 0.717) is 9.50 Å². The molecule has 0 aliphatic rings. The van der Waals surface area contributed by atoms with Crippen molar-refractivity contribution >= 4 is 25.8 Å². The molecule has 1 aromatic heterocycles. The summed E-state index contributed by atoms with van der Waals surface area (Å²) < 4.78 is 23.8. The van der Waals surface area contributed by atoms with E-state index >= 15 is 0 Å². The summed E-state index contributed by atoms with van der Waals surface area (Å²) in [5, 5.41) is -0.401. The van der Waals surface area contributed by atoms with Crippen molar-refractivity contribution in [2.45, 2.75) is 24.0 Å². The maximum Gasteiger partial charge on any atom is 0.180 e. The SMILES string of the molecule is CC(C)S(=O)(=O)c1ccnc(Br)c1. The third kappa shape index (κ3) is 2.28. The second-order valence-electron chi connectivity index (χ2n) is 2.91. The van der Waals surface area contributed by atoms with Crippen LogP contribution in [0.5, 0.6) is 0 Å². The molecule has 1 rings (SSSR count). The molecular weight excluding hydrogens is 254 g/mol. The second-order valence-corrected chi connectivity index (χ2v) is 6.22. The first-order valence-electron chi connectivity index (χ1n) is 3.80. The molecule has 0 bridgehead atoms. The van der Waals surface area contributed by atoms with Crippen LogP contribution in [0, 0.1) is 0 Å². The standard InChI is InChI=1S/C8H10BrNO2S/c1-6(2)13(11,12)7-3-4-10-8(9)5-7/h3-6H,1-2H3. The highest BCUT2D eigenvalue weighted by atomic mass is 79.9. The van der Waals surface area contributed by atoms with Crippen LogP contribution in [0.3, 0.4) is 0 Å². The van der Waals surface area contributed by atoms with Crippen molar-refractivity contribution in [2.24, 2.45) is 0 Å². The lowest BCUT2D eigenvalue weighted by Crippen LogP contribution is -2.13. The van der Waals surface area contributed by atoms with Gasteiger partial charge in [0.05, 0.1) is 10.1 Å². The van der Waals surface area contributed by atoms with E-state index < -0.39 is 15.1 Å². The van der Waals surface area contributed by atoms with Gasteiger partial charge in [0, 0.05) is 6.20 Å². The van der Waals surface area contributed by atoms with Crippen molar-refractivity contribution in [1.29, 1.82) is 0 Å². The van der Waals surface area contributed by atoms with Gasteiger partial charge in [-0.2, -0.15) is 0 Å². The third-order valence-corrected chi connectivity index (χ3v) is 4.23. The van der Waals surface area contributed by atoms with E-state index in [2.05, 4.69) is 20.9 Å². The number of hydrogen-bond acceptors (Lipinski definition) is 3. The Balaban J connectivity index is 3.24. The summed E-state index contributed by atoms with van der Waals surface area (Å²) in [4.78, 5) is 4.17.